The van der Waals surface area contributed by atoms with Gasteiger partial charge in [0.15, 0.2) is 6.61 Å². The summed E-state index contributed by atoms with van der Waals surface area (Å²) >= 11 is 0. The van der Waals surface area contributed by atoms with E-state index in [9.17, 15) is 28.1 Å². The molecule has 11 nitrogen and oxygen atoms in total. The molecule has 0 radical (unpaired) electrons. The number of esters is 1. The maximum absolute atomic E-state index is 12.4. The minimum absolute atomic E-state index is 0.225. The van der Waals surface area contributed by atoms with Crippen LogP contribution in [0.2, 0.25) is 0 Å². The lowest BCUT2D eigenvalue weighted by atomic mass is 10.1. The van der Waals surface area contributed by atoms with Gasteiger partial charge in [0.05, 0.1) is 9.82 Å². The molecule has 0 saturated carbocycles. The number of amides is 1. The van der Waals surface area contributed by atoms with Crippen molar-refractivity contribution in [1.82, 2.24) is 4.72 Å². The number of hydrogen-bond donors (Lipinski definition) is 2. The van der Waals surface area contributed by atoms with Crippen LogP contribution in [-0.2, 0) is 24.3 Å². The number of carbonyl (C=O) groups excluding carboxylic acids is 2. The number of benzene rings is 2. The topological polar surface area (TPSA) is 148 Å². The molecule has 2 aromatic rings. The van der Waals surface area contributed by atoms with E-state index >= 15 is 0 Å². The maximum Gasteiger partial charge on any atom is 0.321 e. The van der Waals surface area contributed by atoms with Crippen LogP contribution in [0.25, 0.3) is 0 Å². The molecule has 0 heterocycles. The van der Waals surface area contributed by atoms with Gasteiger partial charge in [-0.15, -0.1) is 0 Å². The highest BCUT2D eigenvalue weighted by Crippen LogP contribution is 2.29. The van der Waals surface area contributed by atoms with E-state index in [0.29, 0.717) is 5.69 Å². The summed E-state index contributed by atoms with van der Waals surface area (Å²) in [6, 6.07) is 8.82. The van der Waals surface area contributed by atoms with Crippen LogP contribution >= 0.6 is 0 Å². The van der Waals surface area contributed by atoms with E-state index in [1.807, 2.05) is 24.6 Å². The summed E-state index contributed by atoms with van der Waals surface area (Å²) < 4.78 is 31.6. The molecule has 0 bridgehead atoms. The van der Waals surface area contributed by atoms with Gasteiger partial charge >= 0.3 is 5.97 Å². The average molecular weight is 465 g/mol. The molecule has 0 atom stereocenters. The second-order valence-electron chi connectivity index (χ2n) is 7.21. The lowest BCUT2D eigenvalue weighted by Crippen LogP contribution is -2.32. The monoisotopic (exact) mass is 464 g/mol. The molecule has 0 saturated heterocycles. The third-order valence-corrected chi connectivity index (χ3v) is 5.61. The van der Waals surface area contributed by atoms with Crippen LogP contribution in [0.1, 0.15) is 11.1 Å². The summed E-state index contributed by atoms with van der Waals surface area (Å²) in [6.45, 7) is 2.40. The summed E-state index contributed by atoms with van der Waals surface area (Å²) in [5.74, 6) is -1.57. The fourth-order valence-electron chi connectivity index (χ4n) is 2.87. The van der Waals surface area contributed by atoms with Crippen molar-refractivity contribution in [3.63, 3.8) is 0 Å². The SMILES string of the molecule is Cc1cc(C)cc(NC(=O)COC(=O)CNS(=O)(=O)c2ccc(N(C)C)c([N+](=O)[O-])c2)c1. The highest BCUT2D eigenvalue weighted by Gasteiger charge is 2.23. The third kappa shape index (κ3) is 6.75. The molecule has 12 heteroatoms. The van der Waals surface area contributed by atoms with Gasteiger partial charge in [0, 0.05) is 25.8 Å². The molecule has 1 amide bonds. The number of anilines is 2. The zero-order valence-corrected chi connectivity index (χ0v) is 18.9. The van der Waals surface area contributed by atoms with E-state index in [1.165, 1.54) is 17.0 Å². The lowest BCUT2D eigenvalue weighted by Gasteiger charge is -2.14. The largest absolute Gasteiger partial charge is 0.455 e. The van der Waals surface area contributed by atoms with Crippen LogP contribution in [-0.4, -0.2) is 52.5 Å². The van der Waals surface area contributed by atoms with Crippen molar-refractivity contribution in [3.05, 3.63) is 57.6 Å². The van der Waals surface area contributed by atoms with Crippen molar-refractivity contribution in [2.24, 2.45) is 0 Å². The van der Waals surface area contributed by atoms with Gasteiger partial charge in [0.2, 0.25) is 10.0 Å². The van der Waals surface area contributed by atoms with E-state index in [2.05, 4.69) is 5.32 Å². The number of aryl methyl sites for hydroxylation is 2. The molecule has 0 spiro atoms. The Kier molecular flexibility index (Phi) is 7.89. The number of ether oxygens (including phenoxy) is 1. The summed E-state index contributed by atoms with van der Waals surface area (Å²) in [5.41, 5.74) is 2.27. The fraction of sp³-hybridized carbons (Fsp3) is 0.300. The fourth-order valence-corrected chi connectivity index (χ4v) is 3.86. The number of carbonyl (C=O) groups is 2. The molecule has 0 aliphatic carbocycles. The van der Waals surface area contributed by atoms with Gasteiger partial charge in [-0.3, -0.25) is 19.7 Å². The van der Waals surface area contributed by atoms with Crippen molar-refractivity contribution in [3.8, 4) is 0 Å². The average Bonchev–Trinajstić information content (AvgIpc) is 2.69. The first-order chi connectivity index (χ1) is 14.9. The van der Waals surface area contributed by atoms with Gasteiger partial charge in [-0.1, -0.05) is 6.07 Å². The molecular weight excluding hydrogens is 440 g/mol. The number of hydrogen-bond acceptors (Lipinski definition) is 8. The third-order valence-electron chi connectivity index (χ3n) is 4.21. The van der Waals surface area contributed by atoms with E-state index in [1.54, 1.807) is 26.2 Å². The van der Waals surface area contributed by atoms with Crippen molar-refractivity contribution in [1.29, 1.82) is 0 Å². The van der Waals surface area contributed by atoms with Crippen LogP contribution in [0.3, 0.4) is 0 Å². The second kappa shape index (κ2) is 10.2. The highest BCUT2D eigenvalue weighted by atomic mass is 32.2. The Morgan fingerprint density at radius 2 is 1.72 bits per heavy atom. The minimum Gasteiger partial charge on any atom is -0.455 e. The summed E-state index contributed by atoms with van der Waals surface area (Å²) in [5, 5.41) is 13.8. The molecule has 0 unspecified atom stereocenters. The maximum atomic E-state index is 12.4. The standard InChI is InChI=1S/C20H24N4O7S/c1-13-7-14(2)9-15(8-13)22-19(25)12-31-20(26)11-21-32(29,30)16-5-6-17(23(3)4)18(10-16)24(27)28/h5-10,21H,11-12H2,1-4H3,(H,22,25). The van der Waals surface area contributed by atoms with Crippen LogP contribution in [0, 0.1) is 24.0 Å². The van der Waals surface area contributed by atoms with Gasteiger partial charge < -0.3 is 15.0 Å². The molecule has 0 aliphatic rings. The van der Waals surface area contributed by atoms with Gasteiger partial charge in [-0.05, 0) is 49.2 Å². The van der Waals surface area contributed by atoms with E-state index in [4.69, 9.17) is 4.74 Å². The molecule has 0 aliphatic heterocycles. The molecule has 2 rings (SSSR count). The molecule has 0 aromatic heterocycles. The Morgan fingerprint density at radius 1 is 1.09 bits per heavy atom. The Balaban J connectivity index is 1.95. The second-order valence-corrected chi connectivity index (χ2v) is 8.98. The Bertz CT molecular complexity index is 1130. The van der Waals surface area contributed by atoms with Crippen LogP contribution in [0.4, 0.5) is 17.1 Å². The number of nitro benzene ring substituents is 1. The Labute approximate surface area is 185 Å². The number of sulfonamides is 1. The number of nitro groups is 1. The molecule has 2 aromatic carbocycles. The molecule has 172 valence electrons. The smallest absolute Gasteiger partial charge is 0.321 e. The highest BCUT2D eigenvalue weighted by molar-refractivity contribution is 7.89. The molecule has 0 fully saturated rings. The van der Waals surface area contributed by atoms with Crippen molar-refractivity contribution >= 4 is 39.0 Å². The molecule has 32 heavy (non-hydrogen) atoms. The first-order valence-corrected chi connectivity index (χ1v) is 10.9. The molecule has 2 N–H and O–H groups in total. The van der Waals surface area contributed by atoms with Crippen LogP contribution in [0.5, 0.6) is 0 Å². The quantitative estimate of drug-likeness (QED) is 0.324. The lowest BCUT2D eigenvalue weighted by molar-refractivity contribution is -0.384. The van der Waals surface area contributed by atoms with E-state index < -0.39 is 45.7 Å². The van der Waals surface area contributed by atoms with Gasteiger partial charge in [0.1, 0.15) is 12.2 Å². The van der Waals surface area contributed by atoms with Crippen molar-refractivity contribution in [2.45, 2.75) is 18.7 Å². The first-order valence-electron chi connectivity index (χ1n) is 9.38. The van der Waals surface area contributed by atoms with Gasteiger partial charge in [-0.2, -0.15) is 4.72 Å². The zero-order chi connectivity index (χ0) is 24.1. The first kappa shape index (κ1) is 24.8. The predicted octanol–water partition coefficient (Wildman–Crippen LogP) is 1.74. The Morgan fingerprint density at radius 3 is 2.28 bits per heavy atom. The van der Waals surface area contributed by atoms with Gasteiger partial charge in [-0.25, -0.2) is 8.42 Å². The molecular formula is C20H24N4O7S. The summed E-state index contributed by atoms with van der Waals surface area (Å²) in [6.07, 6.45) is 0. The zero-order valence-electron chi connectivity index (χ0n) is 18.0. The van der Waals surface area contributed by atoms with E-state index in [0.717, 1.165) is 17.2 Å². The number of rotatable bonds is 9. The minimum atomic E-state index is -4.22. The van der Waals surface area contributed by atoms with Crippen LogP contribution < -0.4 is 14.9 Å². The van der Waals surface area contributed by atoms with Crippen LogP contribution in [0.15, 0.2) is 41.3 Å². The Hall–Kier alpha value is -3.51. The van der Waals surface area contributed by atoms with Crippen molar-refractivity contribution < 1.29 is 27.7 Å². The van der Waals surface area contributed by atoms with Crippen molar-refractivity contribution in [2.75, 3.05) is 37.5 Å². The number of nitrogens with zero attached hydrogens (tertiary/aromatic N) is 2. The summed E-state index contributed by atoms with van der Waals surface area (Å²) in [4.78, 5) is 35.5. The predicted molar refractivity (Wildman–Crippen MR) is 118 cm³/mol. The van der Waals surface area contributed by atoms with Gasteiger partial charge in [0.25, 0.3) is 11.6 Å². The normalized spacial score (nSPS) is 11.0. The summed E-state index contributed by atoms with van der Waals surface area (Å²) in [7, 11) is -1.06. The number of nitrogens with one attached hydrogen (secondary N) is 2. The van der Waals surface area contributed by atoms with E-state index in [-0.39, 0.29) is 10.6 Å².